The minimum atomic E-state index is -0.0468. The maximum Gasteiger partial charge on any atom is 0.273 e. The van der Waals surface area contributed by atoms with E-state index in [1.54, 1.807) is 4.90 Å². The van der Waals surface area contributed by atoms with E-state index >= 15 is 0 Å². The largest absolute Gasteiger partial charge is 0.336 e. The summed E-state index contributed by atoms with van der Waals surface area (Å²) in [4.78, 5) is 18.4. The van der Waals surface area contributed by atoms with Gasteiger partial charge in [-0.3, -0.25) is 4.79 Å². The maximum atomic E-state index is 12.4. The molecule has 0 fully saturated rings. The molecule has 0 spiro atoms. The van der Waals surface area contributed by atoms with Crippen molar-refractivity contribution in [2.75, 3.05) is 13.6 Å². The number of nitrogens with zero attached hydrogens (tertiary/aromatic N) is 2. The second-order valence-electron chi connectivity index (χ2n) is 5.26. The van der Waals surface area contributed by atoms with Crippen LogP contribution >= 0.6 is 11.3 Å². The molecular formula is C16H21N3OS. The topological polar surface area (TPSA) is 59.2 Å². The zero-order chi connectivity index (χ0) is 15.4. The third kappa shape index (κ3) is 3.89. The Morgan fingerprint density at radius 1 is 1.38 bits per heavy atom. The fraction of sp³-hybridized carbons (Fsp3) is 0.375. The summed E-state index contributed by atoms with van der Waals surface area (Å²) in [6.07, 6.45) is 0.721. The monoisotopic (exact) mass is 303 g/mol. The predicted molar refractivity (Wildman–Crippen MR) is 86.6 cm³/mol. The van der Waals surface area contributed by atoms with Crippen LogP contribution in [-0.2, 0) is 13.0 Å². The van der Waals surface area contributed by atoms with E-state index in [1.165, 1.54) is 22.5 Å². The fourth-order valence-electron chi connectivity index (χ4n) is 2.19. The smallest absolute Gasteiger partial charge is 0.273 e. The van der Waals surface area contributed by atoms with Gasteiger partial charge in [-0.1, -0.05) is 23.8 Å². The molecule has 2 aromatic rings. The number of carbonyl (C=O) groups excluding carboxylic acids is 1. The second kappa shape index (κ2) is 6.83. The van der Waals surface area contributed by atoms with Gasteiger partial charge in [0, 0.05) is 25.4 Å². The number of hydrogen-bond acceptors (Lipinski definition) is 4. The Hall–Kier alpha value is -1.72. The van der Waals surface area contributed by atoms with Crippen molar-refractivity contribution in [3.8, 4) is 0 Å². The molecule has 0 unspecified atom stereocenters. The summed E-state index contributed by atoms with van der Waals surface area (Å²) in [6, 6.07) is 6.29. The molecule has 0 saturated carbocycles. The van der Waals surface area contributed by atoms with Crippen LogP contribution in [0.1, 0.15) is 32.2 Å². The summed E-state index contributed by atoms with van der Waals surface area (Å²) in [6.45, 7) is 5.29. The molecule has 0 bridgehead atoms. The number of amides is 1. The third-order valence-corrected chi connectivity index (χ3v) is 4.29. The lowest BCUT2D eigenvalue weighted by molar-refractivity contribution is 0.0779. The van der Waals surface area contributed by atoms with Gasteiger partial charge < -0.3 is 10.6 Å². The first-order valence-electron chi connectivity index (χ1n) is 6.97. The highest BCUT2D eigenvalue weighted by molar-refractivity contribution is 7.09. The highest BCUT2D eigenvalue weighted by Crippen LogP contribution is 2.16. The molecular weight excluding hydrogens is 282 g/mol. The summed E-state index contributed by atoms with van der Waals surface area (Å²) < 4.78 is 0. The highest BCUT2D eigenvalue weighted by atomic mass is 32.1. The van der Waals surface area contributed by atoms with E-state index in [-0.39, 0.29) is 5.91 Å². The first-order chi connectivity index (χ1) is 10.0. The van der Waals surface area contributed by atoms with Crippen molar-refractivity contribution in [3.63, 3.8) is 0 Å². The van der Waals surface area contributed by atoms with Crippen LogP contribution in [0, 0.1) is 13.8 Å². The van der Waals surface area contributed by atoms with Gasteiger partial charge in [0.25, 0.3) is 5.91 Å². The summed E-state index contributed by atoms with van der Waals surface area (Å²) >= 11 is 1.49. The van der Waals surface area contributed by atoms with Crippen LogP contribution in [0.5, 0.6) is 0 Å². The fourth-order valence-corrected chi connectivity index (χ4v) is 2.98. The minimum Gasteiger partial charge on any atom is -0.336 e. The lowest BCUT2D eigenvalue weighted by Crippen LogP contribution is -2.26. The molecule has 2 N–H and O–H groups in total. The predicted octanol–water partition coefficient (Wildman–Crippen LogP) is 2.53. The Morgan fingerprint density at radius 3 is 2.81 bits per heavy atom. The van der Waals surface area contributed by atoms with Gasteiger partial charge in [0.05, 0.1) is 5.01 Å². The highest BCUT2D eigenvalue weighted by Gasteiger charge is 2.16. The van der Waals surface area contributed by atoms with Crippen LogP contribution in [0.25, 0.3) is 0 Å². The van der Waals surface area contributed by atoms with Crippen LogP contribution in [0.2, 0.25) is 0 Å². The van der Waals surface area contributed by atoms with Crippen molar-refractivity contribution >= 4 is 17.2 Å². The number of rotatable bonds is 5. The van der Waals surface area contributed by atoms with Crippen molar-refractivity contribution in [1.82, 2.24) is 9.88 Å². The SMILES string of the molecule is Cc1ccc(CN(C)C(=O)c2csc(CCN)n2)c(C)c1. The molecule has 21 heavy (non-hydrogen) atoms. The molecule has 0 atom stereocenters. The Bertz CT molecular complexity index is 636. The number of thiazole rings is 1. The van der Waals surface area contributed by atoms with Gasteiger partial charge >= 0.3 is 0 Å². The normalized spacial score (nSPS) is 10.7. The van der Waals surface area contributed by atoms with E-state index in [0.717, 1.165) is 17.0 Å². The Labute approximate surface area is 129 Å². The third-order valence-electron chi connectivity index (χ3n) is 3.38. The maximum absolute atomic E-state index is 12.4. The summed E-state index contributed by atoms with van der Waals surface area (Å²) in [5.41, 5.74) is 9.62. The van der Waals surface area contributed by atoms with E-state index in [9.17, 15) is 4.79 Å². The van der Waals surface area contributed by atoms with Crippen molar-refractivity contribution in [1.29, 1.82) is 0 Å². The number of hydrogen-bond donors (Lipinski definition) is 1. The lowest BCUT2D eigenvalue weighted by Gasteiger charge is -2.17. The van der Waals surface area contributed by atoms with Crippen molar-refractivity contribution in [3.05, 3.63) is 51.0 Å². The molecule has 1 amide bonds. The van der Waals surface area contributed by atoms with Gasteiger partial charge in [-0.2, -0.15) is 0 Å². The van der Waals surface area contributed by atoms with Crippen LogP contribution in [-0.4, -0.2) is 29.4 Å². The van der Waals surface area contributed by atoms with E-state index in [2.05, 4.69) is 37.0 Å². The molecule has 1 aromatic carbocycles. The van der Waals surface area contributed by atoms with Crippen molar-refractivity contribution < 1.29 is 4.79 Å². The molecule has 0 aliphatic rings. The lowest BCUT2D eigenvalue weighted by atomic mass is 10.1. The quantitative estimate of drug-likeness (QED) is 0.923. The first kappa shape index (κ1) is 15.7. The standard InChI is InChI=1S/C16H21N3OS/c1-11-4-5-13(12(2)8-11)9-19(3)16(20)14-10-21-15(18-14)6-7-17/h4-5,8,10H,6-7,9,17H2,1-3H3. The minimum absolute atomic E-state index is 0.0468. The van der Waals surface area contributed by atoms with E-state index in [4.69, 9.17) is 5.73 Å². The number of aromatic nitrogens is 1. The average molecular weight is 303 g/mol. The number of nitrogens with two attached hydrogens (primary N) is 1. The van der Waals surface area contributed by atoms with Crippen LogP contribution in [0.4, 0.5) is 0 Å². The molecule has 2 rings (SSSR count). The summed E-state index contributed by atoms with van der Waals surface area (Å²) in [5.74, 6) is -0.0468. The van der Waals surface area contributed by atoms with Crippen LogP contribution < -0.4 is 5.73 Å². The molecule has 0 aliphatic carbocycles. The molecule has 0 aliphatic heterocycles. The Morgan fingerprint density at radius 2 is 2.14 bits per heavy atom. The number of benzene rings is 1. The van der Waals surface area contributed by atoms with E-state index in [0.29, 0.717) is 18.8 Å². The van der Waals surface area contributed by atoms with Crippen LogP contribution in [0.3, 0.4) is 0 Å². The summed E-state index contributed by atoms with van der Waals surface area (Å²) in [7, 11) is 1.81. The van der Waals surface area contributed by atoms with E-state index < -0.39 is 0 Å². The second-order valence-corrected chi connectivity index (χ2v) is 6.20. The molecule has 1 heterocycles. The van der Waals surface area contributed by atoms with E-state index in [1.807, 2.05) is 12.4 Å². The molecule has 1 aromatic heterocycles. The van der Waals surface area contributed by atoms with Crippen LogP contribution in [0.15, 0.2) is 23.6 Å². The zero-order valence-corrected chi connectivity index (χ0v) is 13.5. The number of aryl methyl sites for hydroxylation is 2. The number of carbonyl (C=O) groups is 1. The van der Waals surface area contributed by atoms with Gasteiger partial charge in [0.2, 0.25) is 0 Å². The van der Waals surface area contributed by atoms with Crippen molar-refractivity contribution in [2.45, 2.75) is 26.8 Å². The van der Waals surface area contributed by atoms with Gasteiger partial charge in [0.15, 0.2) is 0 Å². The molecule has 4 nitrogen and oxygen atoms in total. The molecule has 0 saturated heterocycles. The van der Waals surface area contributed by atoms with Gasteiger partial charge in [-0.15, -0.1) is 11.3 Å². The van der Waals surface area contributed by atoms with Crippen molar-refractivity contribution in [2.24, 2.45) is 5.73 Å². The van der Waals surface area contributed by atoms with Gasteiger partial charge in [-0.25, -0.2) is 4.98 Å². The average Bonchev–Trinajstić information content (AvgIpc) is 2.90. The van der Waals surface area contributed by atoms with Gasteiger partial charge in [-0.05, 0) is 31.5 Å². The molecule has 0 radical (unpaired) electrons. The summed E-state index contributed by atoms with van der Waals surface area (Å²) in [5, 5.41) is 2.73. The Balaban J connectivity index is 2.08. The first-order valence-corrected chi connectivity index (χ1v) is 7.85. The van der Waals surface area contributed by atoms with Gasteiger partial charge in [0.1, 0.15) is 5.69 Å². The Kier molecular flexibility index (Phi) is 5.09. The zero-order valence-electron chi connectivity index (χ0n) is 12.7. The molecule has 5 heteroatoms. The molecule has 112 valence electrons.